The van der Waals surface area contributed by atoms with E-state index in [-0.39, 0.29) is 5.41 Å². The Morgan fingerprint density at radius 1 is 1.00 bits per heavy atom. The minimum atomic E-state index is -0.497. The molecule has 1 nitrogen and oxygen atoms in total. The molecule has 0 aromatic heterocycles. The largest absolute Gasteiger partial charge is 0.390 e. The van der Waals surface area contributed by atoms with Crippen LogP contribution in [0.3, 0.4) is 0 Å². The van der Waals surface area contributed by atoms with Crippen molar-refractivity contribution >= 4 is 0 Å². The Balaban J connectivity index is 2.30. The molecule has 1 saturated carbocycles. The molecule has 2 rings (SSSR count). The molecule has 21 heavy (non-hydrogen) atoms. The quantitative estimate of drug-likeness (QED) is 0.572. The lowest BCUT2D eigenvalue weighted by Gasteiger charge is -2.53. The number of hydrogen-bond acceptors (Lipinski definition) is 1. The van der Waals surface area contributed by atoms with Gasteiger partial charge in [-0.15, -0.1) is 0 Å². The summed E-state index contributed by atoms with van der Waals surface area (Å²) in [6.45, 7) is 11.4. The van der Waals surface area contributed by atoms with Gasteiger partial charge in [-0.3, -0.25) is 0 Å². The van der Waals surface area contributed by atoms with E-state index in [9.17, 15) is 5.11 Å². The lowest BCUT2D eigenvalue weighted by molar-refractivity contribution is -0.118. The van der Waals surface area contributed by atoms with Crippen LogP contribution in [0.1, 0.15) is 79.6 Å². The fourth-order valence-electron chi connectivity index (χ4n) is 4.67. The Bertz CT molecular complexity index is 425. The van der Waals surface area contributed by atoms with Crippen molar-refractivity contribution in [3.63, 3.8) is 0 Å². The fraction of sp³-hybridized carbons (Fsp3) is 0.800. The van der Waals surface area contributed by atoms with Gasteiger partial charge in [-0.1, -0.05) is 37.1 Å². The summed E-state index contributed by atoms with van der Waals surface area (Å²) in [5.41, 5.74) is 2.75. The fourth-order valence-corrected chi connectivity index (χ4v) is 4.67. The van der Waals surface area contributed by atoms with E-state index in [1.165, 1.54) is 30.4 Å². The van der Waals surface area contributed by atoms with Crippen molar-refractivity contribution in [2.24, 2.45) is 17.3 Å². The molecule has 0 unspecified atom stereocenters. The van der Waals surface area contributed by atoms with Gasteiger partial charge < -0.3 is 5.11 Å². The van der Waals surface area contributed by atoms with Gasteiger partial charge in [-0.05, 0) is 83.0 Å². The molecule has 0 spiro atoms. The van der Waals surface area contributed by atoms with Crippen LogP contribution in [-0.2, 0) is 0 Å². The van der Waals surface area contributed by atoms with Gasteiger partial charge in [0.2, 0.25) is 0 Å². The van der Waals surface area contributed by atoms with Gasteiger partial charge in [0.25, 0.3) is 0 Å². The van der Waals surface area contributed by atoms with Crippen LogP contribution < -0.4 is 0 Å². The highest BCUT2D eigenvalue weighted by atomic mass is 16.3. The topological polar surface area (TPSA) is 20.2 Å². The van der Waals surface area contributed by atoms with Crippen molar-refractivity contribution in [2.45, 2.75) is 85.2 Å². The Morgan fingerprint density at radius 3 is 2.38 bits per heavy atom. The van der Waals surface area contributed by atoms with E-state index >= 15 is 0 Å². The molecular weight excluding hydrogens is 256 g/mol. The summed E-state index contributed by atoms with van der Waals surface area (Å²) in [6, 6.07) is 0. The third-order valence-corrected chi connectivity index (χ3v) is 6.31. The molecule has 0 heterocycles. The molecule has 1 heteroatoms. The van der Waals surface area contributed by atoms with Crippen LogP contribution >= 0.6 is 0 Å². The molecular formula is C20H34O. The molecule has 3 atom stereocenters. The first-order chi connectivity index (χ1) is 9.73. The first-order valence-electron chi connectivity index (χ1n) is 8.77. The average molecular weight is 290 g/mol. The second-order valence-corrected chi connectivity index (χ2v) is 8.38. The molecule has 0 aliphatic heterocycles. The Labute approximate surface area is 131 Å². The monoisotopic (exact) mass is 290 g/mol. The number of allylic oxidation sites excluding steroid dienone is 4. The minimum Gasteiger partial charge on any atom is -0.390 e. The molecule has 2 aliphatic rings. The van der Waals surface area contributed by atoms with Crippen molar-refractivity contribution in [3.8, 4) is 0 Å². The van der Waals surface area contributed by atoms with Crippen molar-refractivity contribution in [3.05, 3.63) is 23.3 Å². The molecule has 120 valence electrons. The molecule has 0 saturated heterocycles. The average Bonchev–Trinajstić information content (AvgIpc) is 2.35. The number of hydrogen-bond donors (Lipinski definition) is 1. The normalized spacial score (nSPS) is 42.8. The zero-order valence-electron chi connectivity index (χ0n) is 14.7. The van der Waals surface area contributed by atoms with Crippen LogP contribution in [0.25, 0.3) is 0 Å². The van der Waals surface area contributed by atoms with Gasteiger partial charge in [0, 0.05) is 0 Å². The number of aliphatic hydroxyl groups is 1. The molecule has 0 aromatic rings. The van der Waals surface area contributed by atoms with Crippen LogP contribution in [0.4, 0.5) is 0 Å². The highest BCUT2D eigenvalue weighted by molar-refractivity contribution is 5.09. The molecule has 0 aromatic carbocycles. The standard InChI is InChI=1S/C20H34O/c1-15-7-6-8-16(2)10-12-18-19(3,4)17(11-9-15)13-14-20(18,5)21/h8-9,17-18,21H,6-7,10-14H2,1-5H3/b15-9+,16-8+/t17-,18+,20+/m1/s1. The zero-order chi connectivity index (χ0) is 15.7. The molecule has 0 amide bonds. The third kappa shape index (κ3) is 3.80. The van der Waals surface area contributed by atoms with Crippen molar-refractivity contribution < 1.29 is 5.11 Å². The number of fused-ring (bicyclic) bond motifs is 2. The third-order valence-electron chi connectivity index (χ3n) is 6.31. The van der Waals surface area contributed by atoms with Crippen LogP contribution in [0.15, 0.2) is 23.3 Å². The van der Waals surface area contributed by atoms with E-state index in [1.54, 1.807) is 0 Å². The molecule has 1 fully saturated rings. The van der Waals surface area contributed by atoms with Crippen LogP contribution in [-0.4, -0.2) is 10.7 Å². The lowest BCUT2D eigenvalue weighted by atomic mass is 9.54. The van der Waals surface area contributed by atoms with Gasteiger partial charge in [0.15, 0.2) is 0 Å². The summed E-state index contributed by atoms with van der Waals surface area (Å²) in [5, 5.41) is 10.9. The van der Waals surface area contributed by atoms with E-state index in [0.717, 1.165) is 25.7 Å². The predicted molar refractivity (Wildman–Crippen MR) is 91.2 cm³/mol. The molecule has 2 bridgehead atoms. The summed E-state index contributed by atoms with van der Waals surface area (Å²) in [5.74, 6) is 1.11. The van der Waals surface area contributed by atoms with Crippen LogP contribution in [0.5, 0.6) is 0 Å². The van der Waals surface area contributed by atoms with Crippen LogP contribution in [0, 0.1) is 17.3 Å². The zero-order valence-corrected chi connectivity index (χ0v) is 14.7. The van der Waals surface area contributed by atoms with Gasteiger partial charge in [0.1, 0.15) is 0 Å². The first kappa shape index (κ1) is 16.8. The van der Waals surface area contributed by atoms with Gasteiger partial charge in [-0.2, -0.15) is 0 Å². The summed E-state index contributed by atoms with van der Waals surface area (Å²) in [6.07, 6.45) is 12.8. The Kier molecular flexibility index (Phi) is 5.03. The van der Waals surface area contributed by atoms with Crippen LogP contribution in [0.2, 0.25) is 0 Å². The summed E-state index contributed by atoms with van der Waals surface area (Å²) < 4.78 is 0. The molecule has 1 N–H and O–H groups in total. The summed E-state index contributed by atoms with van der Waals surface area (Å²) >= 11 is 0. The SMILES string of the molecule is C/C1=C\C[C@@H]2CC[C@](C)(O)[C@@H](CC/C(C)=C/CC1)C2(C)C. The maximum absolute atomic E-state index is 10.9. The Hall–Kier alpha value is -0.560. The minimum absolute atomic E-state index is 0.220. The summed E-state index contributed by atoms with van der Waals surface area (Å²) in [7, 11) is 0. The maximum atomic E-state index is 10.9. The highest BCUT2D eigenvalue weighted by Gasteiger charge is 2.49. The highest BCUT2D eigenvalue weighted by Crippen LogP contribution is 2.53. The predicted octanol–water partition coefficient (Wildman–Crippen LogP) is 5.65. The van der Waals surface area contributed by atoms with E-state index < -0.39 is 5.60 Å². The summed E-state index contributed by atoms with van der Waals surface area (Å²) in [4.78, 5) is 0. The van der Waals surface area contributed by atoms with E-state index in [0.29, 0.717) is 11.8 Å². The van der Waals surface area contributed by atoms with E-state index in [4.69, 9.17) is 0 Å². The Morgan fingerprint density at radius 2 is 1.67 bits per heavy atom. The lowest BCUT2D eigenvalue weighted by Crippen LogP contribution is -2.51. The smallest absolute Gasteiger partial charge is 0.0653 e. The van der Waals surface area contributed by atoms with E-state index in [1.807, 2.05) is 0 Å². The van der Waals surface area contributed by atoms with Gasteiger partial charge in [0.05, 0.1) is 5.60 Å². The molecule has 0 radical (unpaired) electrons. The maximum Gasteiger partial charge on any atom is 0.0653 e. The van der Waals surface area contributed by atoms with Gasteiger partial charge >= 0.3 is 0 Å². The number of rotatable bonds is 0. The first-order valence-corrected chi connectivity index (χ1v) is 8.77. The molecule has 2 aliphatic carbocycles. The van der Waals surface area contributed by atoms with E-state index in [2.05, 4.69) is 46.8 Å². The van der Waals surface area contributed by atoms with Crippen molar-refractivity contribution in [1.29, 1.82) is 0 Å². The van der Waals surface area contributed by atoms with Crippen molar-refractivity contribution in [1.82, 2.24) is 0 Å². The second-order valence-electron chi connectivity index (χ2n) is 8.38. The second kappa shape index (κ2) is 6.28. The van der Waals surface area contributed by atoms with Gasteiger partial charge in [-0.25, -0.2) is 0 Å². The van der Waals surface area contributed by atoms with Crippen molar-refractivity contribution in [2.75, 3.05) is 0 Å².